The molecule has 0 radical (unpaired) electrons. The van der Waals surface area contributed by atoms with Crippen LogP contribution in [-0.4, -0.2) is 30.9 Å². The largest absolute Gasteiger partial charge is 0.325 e. The molecule has 106 valence electrons. The van der Waals surface area contributed by atoms with Gasteiger partial charge in [0.1, 0.15) is 6.33 Å². The molecule has 0 spiro atoms. The van der Waals surface area contributed by atoms with E-state index in [0.717, 1.165) is 16.9 Å². The Balaban J connectivity index is 2.22. The van der Waals surface area contributed by atoms with Gasteiger partial charge in [-0.05, 0) is 41.0 Å². The normalized spacial score (nSPS) is 12.4. The van der Waals surface area contributed by atoms with Crippen LogP contribution in [0.15, 0.2) is 24.5 Å². The lowest BCUT2D eigenvalue weighted by Gasteiger charge is -2.15. The van der Waals surface area contributed by atoms with Crippen LogP contribution in [0.2, 0.25) is 0 Å². The minimum atomic E-state index is -0.222. The second-order valence-corrected chi connectivity index (χ2v) is 5.88. The molecule has 1 aromatic carbocycles. The lowest BCUT2D eigenvalue weighted by molar-refractivity contribution is -0.116. The molecule has 1 heterocycles. The summed E-state index contributed by atoms with van der Waals surface area (Å²) in [4.78, 5) is 11.8. The van der Waals surface area contributed by atoms with E-state index in [1.807, 2.05) is 39.0 Å². The average molecular weight is 338 g/mol. The molecule has 0 bridgehead atoms. The van der Waals surface area contributed by atoms with Gasteiger partial charge in [0.15, 0.2) is 0 Å². The predicted octanol–water partition coefficient (Wildman–Crippen LogP) is 2.33. The summed E-state index contributed by atoms with van der Waals surface area (Å²) in [6.07, 6.45) is 1.52. The summed E-state index contributed by atoms with van der Waals surface area (Å²) in [7, 11) is 0. The average Bonchev–Trinajstić information content (AvgIpc) is 2.93. The molecule has 7 heteroatoms. The molecule has 0 fully saturated rings. The van der Waals surface area contributed by atoms with Gasteiger partial charge in [-0.3, -0.25) is 4.79 Å². The highest BCUT2D eigenvalue weighted by molar-refractivity contribution is 9.10. The SMILES string of the molecule is Cc1ccc(NC(=O)C(Br)C(C)C)cc1-n1cnnn1. The molecule has 0 aliphatic carbocycles. The highest BCUT2D eigenvalue weighted by Gasteiger charge is 2.18. The molecular weight excluding hydrogens is 322 g/mol. The van der Waals surface area contributed by atoms with Crippen molar-refractivity contribution in [1.82, 2.24) is 20.2 Å². The zero-order chi connectivity index (χ0) is 14.7. The van der Waals surface area contributed by atoms with Crippen LogP contribution >= 0.6 is 15.9 Å². The Morgan fingerprint density at radius 3 is 2.75 bits per heavy atom. The van der Waals surface area contributed by atoms with Gasteiger partial charge in [-0.2, -0.15) is 0 Å². The van der Waals surface area contributed by atoms with Crippen molar-refractivity contribution >= 4 is 27.5 Å². The van der Waals surface area contributed by atoms with Crippen LogP contribution in [-0.2, 0) is 4.79 Å². The van der Waals surface area contributed by atoms with E-state index in [9.17, 15) is 4.79 Å². The summed E-state index contributed by atoms with van der Waals surface area (Å²) in [5.74, 6) is 0.158. The molecule has 1 unspecified atom stereocenters. The quantitative estimate of drug-likeness (QED) is 0.869. The van der Waals surface area contributed by atoms with Crippen molar-refractivity contribution in [2.45, 2.75) is 25.6 Å². The van der Waals surface area contributed by atoms with E-state index in [-0.39, 0.29) is 16.7 Å². The number of benzene rings is 1. The zero-order valence-electron chi connectivity index (χ0n) is 11.5. The molecular formula is C13H16BrN5O. The van der Waals surface area contributed by atoms with E-state index < -0.39 is 0 Å². The number of anilines is 1. The van der Waals surface area contributed by atoms with Gasteiger partial charge in [0.2, 0.25) is 5.91 Å². The molecule has 20 heavy (non-hydrogen) atoms. The number of aryl methyl sites for hydroxylation is 1. The number of hydrogen-bond acceptors (Lipinski definition) is 4. The van der Waals surface area contributed by atoms with E-state index in [1.165, 1.54) is 6.33 Å². The zero-order valence-corrected chi connectivity index (χ0v) is 13.1. The number of carbonyl (C=O) groups is 1. The van der Waals surface area contributed by atoms with Crippen LogP contribution in [0.4, 0.5) is 5.69 Å². The summed E-state index contributed by atoms with van der Waals surface area (Å²) >= 11 is 3.39. The molecule has 0 saturated heterocycles. The molecule has 2 aromatic rings. The fourth-order valence-corrected chi connectivity index (χ4v) is 1.83. The van der Waals surface area contributed by atoms with Gasteiger partial charge in [-0.1, -0.05) is 35.8 Å². The Kier molecular flexibility index (Phi) is 4.49. The summed E-state index contributed by atoms with van der Waals surface area (Å²) in [6.45, 7) is 5.94. The number of nitrogens with zero attached hydrogens (tertiary/aromatic N) is 4. The lowest BCUT2D eigenvalue weighted by Crippen LogP contribution is -2.27. The van der Waals surface area contributed by atoms with Crippen molar-refractivity contribution in [3.8, 4) is 5.69 Å². The first kappa shape index (κ1) is 14.6. The maximum Gasteiger partial charge on any atom is 0.238 e. The third-order valence-electron chi connectivity index (χ3n) is 2.91. The molecule has 6 nitrogen and oxygen atoms in total. The number of alkyl halides is 1. The first-order valence-corrected chi connectivity index (χ1v) is 7.19. The van der Waals surface area contributed by atoms with E-state index >= 15 is 0 Å². The van der Waals surface area contributed by atoms with Crippen molar-refractivity contribution in [3.63, 3.8) is 0 Å². The number of rotatable bonds is 4. The molecule has 2 rings (SSSR count). The van der Waals surface area contributed by atoms with E-state index in [4.69, 9.17) is 0 Å². The Bertz CT molecular complexity index is 597. The molecule has 1 amide bonds. The Labute approximate surface area is 125 Å². The minimum absolute atomic E-state index is 0.0634. The Hall–Kier alpha value is -1.76. The number of amides is 1. The van der Waals surface area contributed by atoms with Crippen LogP contribution in [0.25, 0.3) is 5.69 Å². The Morgan fingerprint density at radius 1 is 1.40 bits per heavy atom. The van der Waals surface area contributed by atoms with Crippen molar-refractivity contribution in [2.75, 3.05) is 5.32 Å². The molecule has 1 N–H and O–H groups in total. The molecule has 0 aliphatic heterocycles. The molecule has 1 aromatic heterocycles. The second-order valence-electron chi connectivity index (χ2n) is 4.89. The van der Waals surface area contributed by atoms with Crippen LogP contribution in [0, 0.1) is 12.8 Å². The van der Waals surface area contributed by atoms with Crippen LogP contribution < -0.4 is 5.32 Å². The van der Waals surface area contributed by atoms with Crippen molar-refractivity contribution in [2.24, 2.45) is 5.92 Å². The van der Waals surface area contributed by atoms with E-state index in [1.54, 1.807) is 4.68 Å². The third-order valence-corrected chi connectivity index (χ3v) is 4.38. The van der Waals surface area contributed by atoms with E-state index in [0.29, 0.717) is 0 Å². The number of halogens is 1. The third kappa shape index (κ3) is 3.22. The predicted molar refractivity (Wildman–Crippen MR) is 80.1 cm³/mol. The fraction of sp³-hybridized carbons (Fsp3) is 0.385. The van der Waals surface area contributed by atoms with Gasteiger partial charge in [-0.15, -0.1) is 5.10 Å². The maximum atomic E-state index is 12.0. The summed E-state index contributed by atoms with van der Waals surface area (Å²) in [5, 5.41) is 14.0. The molecule has 0 saturated carbocycles. The van der Waals surface area contributed by atoms with Gasteiger partial charge in [0, 0.05) is 5.69 Å². The minimum Gasteiger partial charge on any atom is -0.325 e. The standard InChI is InChI=1S/C13H16BrN5O/c1-8(2)12(14)13(20)16-10-5-4-9(3)11(6-10)19-7-15-17-18-19/h4-8,12H,1-3H3,(H,16,20). The maximum absolute atomic E-state index is 12.0. The highest BCUT2D eigenvalue weighted by atomic mass is 79.9. The molecule has 1 atom stereocenters. The Morgan fingerprint density at radius 2 is 2.15 bits per heavy atom. The summed E-state index contributed by atoms with van der Waals surface area (Å²) in [6, 6.07) is 5.63. The fourth-order valence-electron chi connectivity index (χ4n) is 1.72. The van der Waals surface area contributed by atoms with Gasteiger partial charge < -0.3 is 5.32 Å². The van der Waals surface area contributed by atoms with E-state index in [2.05, 4.69) is 36.8 Å². The van der Waals surface area contributed by atoms with Crippen LogP contribution in [0.5, 0.6) is 0 Å². The number of nitrogens with one attached hydrogen (secondary N) is 1. The van der Waals surface area contributed by atoms with Crippen molar-refractivity contribution in [1.29, 1.82) is 0 Å². The second kappa shape index (κ2) is 6.13. The smallest absolute Gasteiger partial charge is 0.238 e. The van der Waals surface area contributed by atoms with Gasteiger partial charge in [0.05, 0.1) is 10.5 Å². The number of hydrogen-bond donors (Lipinski definition) is 1. The van der Waals surface area contributed by atoms with Gasteiger partial charge >= 0.3 is 0 Å². The monoisotopic (exact) mass is 337 g/mol. The number of aromatic nitrogens is 4. The summed E-state index contributed by atoms with van der Waals surface area (Å²) < 4.78 is 1.57. The number of tetrazole rings is 1. The highest BCUT2D eigenvalue weighted by Crippen LogP contribution is 2.20. The van der Waals surface area contributed by atoms with Crippen LogP contribution in [0.3, 0.4) is 0 Å². The topological polar surface area (TPSA) is 72.7 Å². The number of carbonyl (C=O) groups excluding carboxylic acids is 1. The first-order chi connectivity index (χ1) is 9.49. The summed E-state index contributed by atoms with van der Waals surface area (Å²) in [5.41, 5.74) is 2.58. The van der Waals surface area contributed by atoms with Crippen molar-refractivity contribution in [3.05, 3.63) is 30.1 Å². The molecule has 0 aliphatic rings. The van der Waals surface area contributed by atoms with Gasteiger partial charge in [-0.25, -0.2) is 4.68 Å². The lowest BCUT2D eigenvalue weighted by atomic mass is 10.1. The van der Waals surface area contributed by atoms with Gasteiger partial charge in [0.25, 0.3) is 0 Å². The van der Waals surface area contributed by atoms with Crippen LogP contribution in [0.1, 0.15) is 19.4 Å². The van der Waals surface area contributed by atoms with Crippen molar-refractivity contribution < 1.29 is 4.79 Å². The first-order valence-electron chi connectivity index (χ1n) is 6.28.